The molecular formula is C20H26N4O2. The molecule has 1 amide bonds. The number of aromatic nitrogens is 2. The first-order valence-electron chi connectivity index (χ1n) is 9.13. The first-order chi connectivity index (χ1) is 12.5. The number of hydrogen-bond acceptors (Lipinski definition) is 5. The van der Waals surface area contributed by atoms with Gasteiger partial charge in [-0.3, -0.25) is 4.79 Å². The molecule has 2 heterocycles. The molecule has 1 atom stereocenters. The van der Waals surface area contributed by atoms with Crippen LogP contribution in [0.4, 0.5) is 11.5 Å². The minimum Gasteiger partial charge on any atom is -0.376 e. The predicted octanol–water partition coefficient (Wildman–Crippen LogP) is 3.56. The van der Waals surface area contributed by atoms with Crippen LogP contribution in [-0.4, -0.2) is 35.1 Å². The molecule has 1 aliphatic rings. The third-order valence-corrected chi connectivity index (χ3v) is 4.59. The number of carbonyl (C=O) groups excluding carboxylic acids is 1. The zero-order chi connectivity index (χ0) is 18.5. The second kappa shape index (κ2) is 8.27. The topological polar surface area (TPSA) is 76.1 Å². The third-order valence-electron chi connectivity index (χ3n) is 4.59. The highest BCUT2D eigenvalue weighted by Gasteiger charge is 2.17. The molecule has 1 aromatic heterocycles. The largest absolute Gasteiger partial charge is 0.376 e. The van der Waals surface area contributed by atoms with E-state index in [9.17, 15) is 4.79 Å². The van der Waals surface area contributed by atoms with E-state index in [0.717, 1.165) is 30.7 Å². The van der Waals surface area contributed by atoms with E-state index >= 15 is 0 Å². The van der Waals surface area contributed by atoms with Crippen LogP contribution in [0.5, 0.6) is 0 Å². The van der Waals surface area contributed by atoms with Crippen molar-refractivity contribution in [3.63, 3.8) is 0 Å². The summed E-state index contributed by atoms with van der Waals surface area (Å²) < 4.78 is 5.53. The van der Waals surface area contributed by atoms with E-state index in [1.54, 1.807) is 6.07 Å². The number of nitrogens with one attached hydrogen (secondary N) is 2. The van der Waals surface area contributed by atoms with E-state index in [2.05, 4.69) is 59.6 Å². The first kappa shape index (κ1) is 18.3. The fraction of sp³-hybridized carbons (Fsp3) is 0.450. The van der Waals surface area contributed by atoms with Crippen molar-refractivity contribution < 1.29 is 9.53 Å². The molecule has 6 nitrogen and oxygen atoms in total. The van der Waals surface area contributed by atoms with Crippen molar-refractivity contribution in [2.75, 3.05) is 18.5 Å². The molecule has 1 aliphatic heterocycles. The minimum atomic E-state index is -0.209. The fourth-order valence-electron chi connectivity index (χ4n) is 3.12. The average Bonchev–Trinajstić information content (AvgIpc) is 3.15. The number of ether oxygens (including phenoxy) is 1. The summed E-state index contributed by atoms with van der Waals surface area (Å²) in [6, 6.07) is 7.90. The lowest BCUT2D eigenvalue weighted by Crippen LogP contribution is -2.32. The lowest BCUT2D eigenvalue weighted by Gasteiger charge is -2.17. The van der Waals surface area contributed by atoms with E-state index in [4.69, 9.17) is 4.74 Å². The fourth-order valence-corrected chi connectivity index (χ4v) is 3.12. The molecular weight excluding hydrogens is 328 g/mol. The van der Waals surface area contributed by atoms with Crippen LogP contribution in [0.25, 0.3) is 0 Å². The number of amides is 1. The molecule has 138 valence electrons. The molecule has 0 aliphatic carbocycles. The molecule has 1 fully saturated rings. The summed E-state index contributed by atoms with van der Waals surface area (Å²) in [5.41, 5.74) is 3.74. The van der Waals surface area contributed by atoms with Crippen LogP contribution in [0, 0.1) is 6.92 Å². The lowest BCUT2D eigenvalue weighted by atomic mass is 9.98. The van der Waals surface area contributed by atoms with Gasteiger partial charge in [0.05, 0.1) is 6.10 Å². The number of anilines is 2. The molecule has 6 heteroatoms. The highest BCUT2D eigenvalue weighted by Crippen LogP contribution is 2.29. The smallest absolute Gasteiger partial charge is 0.270 e. The summed E-state index contributed by atoms with van der Waals surface area (Å²) in [6.07, 6.45) is 3.56. The summed E-state index contributed by atoms with van der Waals surface area (Å²) in [7, 11) is 0. The van der Waals surface area contributed by atoms with Gasteiger partial charge in [-0.1, -0.05) is 32.0 Å². The van der Waals surface area contributed by atoms with E-state index in [0.29, 0.717) is 24.0 Å². The molecule has 0 saturated carbocycles. The Bertz CT molecular complexity index is 770. The molecule has 2 aromatic rings. The van der Waals surface area contributed by atoms with Gasteiger partial charge in [-0.25, -0.2) is 9.97 Å². The van der Waals surface area contributed by atoms with Gasteiger partial charge in [0.2, 0.25) is 0 Å². The Hall–Kier alpha value is -2.47. The van der Waals surface area contributed by atoms with Crippen LogP contribution in [0.2, 0.25) is 0 Å². The molecule has 1 unspecified atom stereocenters. The molecule has 3 rings (SSSR count). The second-order valence-corrected chi connectivity index (χ2v) is 6.95. The Labute approximate surface area is 154 Å². The minimum absolute atomic E-state index is 0.110. The summed E-state index contributed by atoms with van der Waals surface area (Å²) in [5, 5.41) is 6.25. The van der Waals surface area contributed by atoms with Crippen LogP contribution < -0.4 is 10.6 Å². The molecule has 0 radical (unpaired) electrons. The Kier molecular flexibility index (Phi) is 5.83. The van der Waals surface area contributed by atoms with Gasteiger partial charge in [-0.15, -0.1) is 0 Å². The van der Waals surface area contributed by atoms with Crippen LogP contribution in [0.1, 0.15) is 54.2 Å². The normalized spacial score (nSPS) is 16.7. The third kappa shape index (κ3) is 4.38. The first-order valence-corrected chi connectivity index (χ1v) is 9.13. The van der Waals surface area contributed by atoms with Crippen LogP contribution >= 0.6 is 0 Å². The lowest BCUT2D eigenvalue weighted by molar-refractivity contribution is 0.0853. The Morgan fingerprint density at radius 1 is 1.35 bits per heavy atom. The summed E-state index contributed by atoms with van der Waals surface area (Å²) in [5.74, 6) is 0.784. The Balaban J connectivity index is 1.72. The van der Waals surface area contributed by atoms with Crippen molar-refractivity contribution in [3.8, 4) is 0 Å². The summed E-state index contributed by atoms with van der Waals surface area (Å²) >= 11 is 0. The van der Waals surface area contributed by atoms with Crippen LogP contribution in [-0.2, 0) is 4.74 Å². The summed E-state index contributed by atoms with van der Waals surface area (Å²) in [4.78, 5) is 20.7. The van der Waals surface area contributed by atoms with Gasteiger partial charge < -0.3 is 15.4 Å². The second-order valence-electron chi connectivity index (χ2n) is 6.95. The van der Waals surface area contributed by atoms with Gasteiger partial charge in [0.15, 0.2) is 0 Å². The highest BCUT2D eigenvalue weighted by atomic mass is 16.5. The molecule has 1 saturated heterocycles. The zero-order valence-electron chi connectivity index (χ0n) is 15.6. The number of benzene rings is 1. The maximum Gasteiger partial charge on any atom is 0.270 e. The standard InChI is InChI=1S/C20H26N4O2/c1-13(2)16-8-4-6-14(3)19(16)24-18-10-17(22-12-23-18)20(25)21-11-15-7-5-9-26-15/h4,6,8,10,12-13,15H,5,7,9,11H2,1-3H3,(H,21,25)(H,22,23,24). The van der Waals surface area contributed by atoms with Crippen LogP contribution in [0.3, 0.4) is 0 Å². The summed E-state index contributed by atoms with van der Waals surface area (Å²) in [6.45, 7) is 7.66. The number of para-hydroxylation sites is 1. The van der Waals surface area contributed by atoms with Crippen molar-refractivity contribution in [2.45, 2.75) is 45.6 Å². The molecule has 0 bridgehead atoms. The van der Waals surface area contributed by atoms with E-state index in [1.165, 1.54) is 11.9 Å². The number of nitrogens with zero attached hydrogens (tertiary/aromatic N) is 2. The molecule has 26 heavy (non-hydrogen) atoms. The monoisotopic (exact) mass is 354 g/mol. The van der Waals surface area contributed by atoms with Crippen molar-refractivity contribution in [3.05, 3.63) is 47.4 Å². The number of hydrogen-bond donors (Lipinski definition) is 2. The number of aryl methyl sites for hydroxylation is 1. The van der Waals surface area contributed by atoms with Gasteiger partial charge in [0.1, 0.15) is 17.8 Å². The average molecular weight is 354 g/mol. The molecule has 1 aromatic carbocycles. The van der Waals surface area contributed by atoms with Gasteiger partial charge in [0, 0.05) is 24.9 Å². The van der Waals surface area contributed by atoms with Gasteiger partial charge in [0.25, 0.3) is 5.91 Å². The Morgan fingerprint density at radius 3 is 2.92 bits per heavy atom. The van der Waals surface area contributed by atoms with Crippen molar-refractivity contribution in [2.24, 2.45) is 0 Å². The highest BCUT2D eigenvalue weighted by molar-refractivity contribution is 5.93. The van der Waals surface area contributed by atoms with E-state index in [-0.39, 0.29) is 12.0 Å². The van der Waals surface area contributed by atoms with Gasteiger partial charge in [-0.05, 0) is 36.8 Å². The van der Waals surface area contributed by atoms with E-state index < -0.39 is 0 Å². The van der Waals surface area contributed by atoms with Crippen molar-refractivity contribution in [1.82, 2.24) is 15.3 Å². The number of rotatable bonds is 6. The Morgan fingerprint density at radius 2 is 2.19 bits per heavy atom. The van der Waals surface area contributed by atoms with Crippen molar-refractivity contribution >= 4 is 17.4 Å². The zero-order valence-corrected chi connectivity index (χ0v) is 15.6. The van der Waals surface area contributed by atoms with Gasteiger partial charge >= 0.3 is 0 Å². The predicted molar refractivity (Wildman–Crippen MR) is 102 cm³/mol. The SMILES string of the molecule is Cc1cccc(C(C)C)c1Nc1cc(C(=O)NCC2CCCO2)ncn1. The maximum atomic E-state index is 12.4. The quantitative estimate of drug-likeness (QED) is 0.829. The van der Waals surface area contributed by atoms with E-state index in [1.807, 2.05) is 0 Å². The molecule has 0 spiro atoms. The number of carbonyl (C=O) groups is 1. The van der Waals surface area contributed by atoms with Crippen LogP contribution in [0.15, 0.2) is 30.6 Å². The van der Waals surface area contributed by atoms with Gasteiger partial charge in [-0.2, -0.15) is 0 Å². The van der Waals surface area contributed by atoms with Crippen molar-refractivity contribution in [1.29, 1.82) is 0 Å². The maximum absolute atomic E-state index is 12.4. The molecule has 2 N–H and O–H groups in total.